The second kappa shape index (κ2) is 6.19. The zero-order chi connectivity index (χ0) is 21.6. The van der Waals surface area contributed by atoms with Gasteiger partial charge in [-0.2, -0.15) is 0 Å². The highest BCUT2D eigenvalue weighted by molar-refractivity contribution is 6.69. The van der Waals surface area contributed by atoms with Crippen molar-refractivity contribution in [3.63, 3.8) is 0 Å². The van der Waals surface area contributed by atoms with Gasteiger partial charge in [0.2, 0.25) is 0 Å². The molecular weight excluding hydrogens is 622 g/mol. The third-order valence-electron chi connectivity index (χ3n) is 6.44. The fourth-order valence-corrected chi connectivity index (χ4v) is 11.1. The van der Waals surface area contributed by atoms with Crippen molar-refractivity contribution < 1.29 is 4.79 Å². The zero-order valence-corrected chi connectivity index (χ0v) is 22.2. The molecule has 0 radical (unpaired) electrons. The first-order valence-electron chi connectivity index (χ1n) is 7.61. The summed E-state index contributed by atoms with van der Waals surface area (Å²) < 4.78 is -4.18. The first-order chi connectivity index (χ1) is 12.4. The summed E-state index contributed by atoms with van der Waals surface area (Å²) in [5.41, 5.74) is 0. The van der Waals surface area contributed by atoms with Gasteiger partial charge in [-0.15, -0.1) is 46.4 Å². The molecule has 7 atom stereocenters. The van der Waals surface area contributed by atoms with Crippen molar-refractivity contribution >= 4 is 145 Å². The highest BCUT2D eigenvalue weighted by Crippen LogP contribution is 2.84. The van der Waals surface area contributed by atoms with Crippen LogP contribution in [0.2, 0.25) is 0 Å². The maximum atomic E-state index is 13.6. The molecule has 13 heteroatoms. The van der Waals surface area contributed by atoms with E-state index in [1.807, 2.05) is 0 Å². The molecular formula is C15H6Cl12O. The minimum atomic E-state index is -2.11. The summed E-state index contributed by atoms with van der Waals surface area (Å²) in [6.45, 7) is 1.48. The standard InChI is InChI=1S/C15H6Cl12O/c1-2-4(28)3-5(12(22)8(18)6(16)10(2,20)14(12,24)25)13(23)9(19)7(17)11(3,21)15(13,26)27/h2-3,5H,1H3/t2-,3+,5-,10-,11-,12-,13-/m1/s1. The predicted molar refractivity (Wildman–Crippen MR) is 122 cm³/mol. The largest absolute Gasteiger partial charge is 0.299 e. The number of hydrogen-bond donors (Lipinski definition) is 0. The van der Waals surface area contributed by atoms with Crippen LogP contribution in [0.3, 0.4) is 0 Å². The van der Waals surface area contributed by atoms with E-state index in [0.29, 0.717) is 0 Å². The number of rotatable bonds is 0. The molecule has 0 aromatic rings. The zero-order valence-electron chi connectivity index (χ0n) is 13.2. The van der Waals surface area contributed by atoms with Gasteiger partial charge in [0, 0.05) is 11.8 Å². The molecule has 2 saturated carbocycles. The molecule has 0 aromatic carbocycles. The van der Waals surface area contributed by atoms with Crippen LogP contribution in [0, 0.1) is 17.8 Å². The van der Waals surface area contributed by atoms with Crippen molar-refractivity contribution in [2.24, 2.45) is 17.8 Å². The third kappa shape index (κ3) is 1.92. The molecule has 0 saturated heterocycles. The molecule has 4 bridgehead atoms. The van der Waals surface area contributed by atoms with Crippen molar-refractivity contribution in [1.29, 1.82) is 0 Å². The highest BCUT2D eigenvalue weighted by atomic mass is 35.5. The Labute approximate surface area is 220 Å². The van der Waals surface area contributed by atoms with Gasteiger partial charge in [0.15, 0.2) is 8.67 Å². The number of hydrogen-bond acceptors (Lipinski definition) is 1. The number of Topliss-reactive ketones (excluding diaryl/α,β-unsaturated/α-hetero) is 1. The van der Waals surface area contributed by atoms with Crippen LogP contribution in [0.25, 0.3) is 0 Å². The van der Waals surface area contributed by atoms with Crippen LogP contribution in [-0.4, -0.2) is 33.9 Å². The van der Waals surface area contributed by atoms with E-state index in [2.05, 4.69) is 0 Å². The molecule has 0 unspecified atom stereocenters. The average Bonchev–Trinajstić information content (AvgIpc) is 2.86. The topological polar surface area (TPSA) is 17.1 Å². The molecule has 156 valence electrons. The van der Waals surface area contributed by atoms with E-state index in [1.165, 1.54) is 6.92 Å². The quantitative estimate of drug-likeness (QED) is 0.248. The van der Waals surface area contributed by atoms with Crippen molar-refractivity contribution in [3.05, 3.63) is 20.1 Å². The molecule has 4 aliphatic carbocycles. The van der Waals surface area contributed by atoms with Crippen LogP contribution in [0.5, 0.6) is 0 Å². The van der Waals surface area contributed by atoms with Gasteiger partial charge < -0.3 is 0 Å². The van der Waals surface area contributed by atoms with Crippen LogP contribution in [0.15, 0.2) is 20.1 Å². The van der Waals surface area contributed by atoms with Crippen molar-refractivity contribution in [2.45, 2.75) is 35.1 Å². The number of fused-ring (bicyclic) bond motifs is 8. The molecule has 0 aromatic heterocycles. The van der Waals surface area contributed by atoms with Gasteiger partial charge >= 0.3 is 0 Å². The number of halogens is 12. The Morgan fingerprint density at radius 2 is 0.929 bits per heavy atom. The van der Waals surface area contributed by atoms with E-state index in [-0.39, 0.29) is 20.1 Å². The molecule has 0 amide bonds. The molecule has 4 aliphatic rings. The predicted octanol–water partition coefficient (Wildman–Crippen LogP) is 8.12. The molecule has 0 N–H and O–H groups in total. The number of carbonyl (C=O) groups is 1. The number of allylic oxidation sites excluding steroid dienone is 4. The van der Waals surface area contributed by atoms with Crippen LogP contribution in [-0.2, 0) is 4.79 Å². The molecule has 4 rings (SSSR count). The summed E-state index contributed by atoms with van der Waals surface area (Å²) >= 11 is 79.9. The van der Waals surface area contributed by atoms with Gasteiger partial charge in [-0.3, -0.25) is 4.79 Å². The van der Waals surface area contributed by atoms with Crippen molar-refractivity contribution in [3.8, 4) is 0 Å². The number of carbonyl (C=O) groups excluding carboxylic acids is 1. The maximum Gasteiger partial charge on any atom is 0.167 e. The summed E-state index contributed by atoms with van der Waals surface area (Å²) in [5.74, 6) is -4.19. The average molecular weight is 628 g/mol. The Balaban J connectivity index is 2.20. The maximum absolute atomic E-state index is 13.6. The van der Waals surface area contributed by atoms with Gasteiger partial charge in [-0.1, -0.05) is 99.7 Å². The lowest BCUT2D eigenvalue weighted by Crippen LogP contribution is -2.59. The molecule has 2 fully saturated rings. The van der Waals surface area contributed by atoms with Gasteiger partial charge in [0.25, 0.3) is 0 Å². The summed E-state index contributed by atoms with van der Waals surface area (Å²) in [6.07, 6.45) is 0. The lowest BCUT2D eigenvalue weighted by atomic mass is 9.71. The molecule has 0 spiro atoms. The van der Waals surface area contributed by atoms with Crippen molar-refractivity contribution in [2.75, 3.05) is 0 Å². The Morgan fingerprint density at radius 1 is 0.607 bits per heavy atom. The Bertz CT molecular complexity index is 909. The number of ketones is 1. The second-order valence-corrected chi connectivity index (χ2v) is 13.9. The van der Waals surface area contributed by atoms with E-state index < -0.39 is 51.7 Å². The lowest BCUT2D eigenvalue weighted by Gasteiger charge is -2.47. The van der Waals surface area contributed by atoms with Crippen LogP contribution < -0.4 is 0 Å². The minimum absolute atomic E-state index is 0.166. The van der Waals surface area contributed by atoms with Crippen LogP contribution in [0.4, 0.5) is 0 Å². The van der Waals surface area contributed by atoms with Gasteiger partial charge in [-0.05, 0) is 0 Å². The first-order valence-corrected chi connectivity index (χ1v) is 12.2. The molecule has 0 aliphatic heterocycles. The summed E-state index contributed by atoms with van der Waals surface area (Å²) in [6, 6.07) is 0. The SMILES string of the molecule is C[C@@H]1C(=O)[C@H]2[C@H]([C@@]3(Cl)C(Cl)=C(Cl)[C@@]1(Cl)C3(Cl)Cl)[C@@]1(Cl)C(Cl)=C(Cl)[C@@]2(Cl)C1(Cl)Cl. The first kappa shape index (κ1) is 23.8. The molecule has 0 heterocycles. The van der Waals surface area contributed by atoms with Gasteiger partial charge in [0.05, 0.1) is 26.0 Å². The fourth-order valence-electron chi connectivity index (χ4n) is 4.97. The molecule has 1 nitrogen and oxygen atoms in total. The Hall–Kier alpha value is 2.63. The lowest BCUT2D eigenvalue weighted by molar-refractivity contribution is -0.128. The van der Waals surface area contributed by atoms with Crippen LogP contribution in [0.1, 0.15) is 6.92 Å². The summed E-state index contributed by atoms with van der Waals surface area (Å²) in [4.78, 5) is 5.86. The van der Waals surface area contributed by atoms with E-state index in [9.17, 15) is 4.79 Å². The van der Waals surface area contributed by atoms with Crippen molar-refractivity contribution in [1.82, 2.24) is 0 Å². The van der Waals surface area contributed by atoms with Gasteiger partial charge in [-0.25, -0.2) is 0 Å². The summed E-state index contributed by atoms with van der Waals surface area (Å²) in [5, 5.41) is -0.720. The van der Waals surface area contributed by atoms with E-state index in [0.717, 1.165) is 0 Å². The summed E-state index contributed by atoms with van der Waals surface area (Å²) in [7, 11) is 0. The second-order valence-electron chi connectivity index (χ2n) is 7.33. The molecule has 28 heavy (non-hydrogen) atoms. The smallest absolute Gasteiger partial charge is 0.167 e. The highest BCUT2D eigenvalue weighted by Gasteiger charge is 2.92. The number of alkyl halides is 8. The minimum Gasteiger partial charge on any atom is -0.299 e. The van der Waals surface area contributed by atoms with E-state index in [4.69, 9.17) is 139 Å². The van der Waals surface area contributed by atoms with Gasteiger partial charge in [0.1, 0.15) is 25.3 Å². The third-order valence-corrected chi connectivity index (χ3v) is 15.0. The van der Waals surface area contributed by atoms with E-state index in [1.54, 1.807) is 0 Å². The normalized spacial score (nSPS) is 53.8. The Morgan fingerprint density at radius 3 is 1.36 bits per heavy atom. The van der Waals surface area contributed by atoms with Crippen LogP contribution >= 0.6 is 139 Å². The fraction of sp³-hybridized carbons (Fsp3) is 0.667. The van der Waals surface area contributed by atoms with E-state index >= 15 is 0 Å². The Kier molecular flexibility index (Phi) is 5.26. The monoisotopic (exact) mass is 622 g/mol.